The van der Waals surface area contributed by atoms with Crippen molar-refractivity contribution in [3.05, 3.63) is 65.2 Å². The normalized spacial score (nSPS) is 12.6. The van der Waals surface area contributed by atoms with Gasteiger partial charge < -0.3 is 5.11 Å². The van der Waals surface area contributed by atoms with Crippen molar-refractivity contribution in [3.63, 3.8) is 0 Å². The van der Waals surface area contributed by atoms with Gasteiger partial charge in [-0.05, 0) is 64.4 Å². The number of benzene rings is 2. The maximum atomic E-state index is 10.4. The Morgan fingerprint density at radius 2 is 1.64 bits per heavy atom. The summed E-state index contributed by atoms with van der Waals surface area (Å²) in [6.07, 6.45) is 0.892. The SMILES string of the molecule is CC(C)N(CC[C@H](c1ccccc1)c1cc(C#N)ccc1O)C(C)C. The van der Waals surface area contributed by atoms with E-state index < -0.39 is 0 Å². The molecule has 1 atom stereocenters. The Morgan fingerprint density at radius 3 is 2.20 bits per heavy atom. The lowest BCUT2D eigenvalue weighted by molar-refractivity contribution is 0.170. The van der Waals surface area contributed by atoms with Crippen molar-refractivity contribution in [3.8, 4) is 11.8 Å². The molecule has 0 saturated carbocycles. The molecule has 3 heteroatoms. The van der Waals surface area contributed by atoms with Gasteiger partial charge in [-0.25, -0.2) is 0 Å². The smallest absolute Gasteiger partial charge is 0.119 e. The fourth-order valence-corrected chi connectivity index (χ4v) is 3.48. The zero-order valence-electron chi connectivity index (χ0n) is 15.6. The number of hydrogen-bond donors (Lipinski definition) is 1. The molecular formula is C22H28N2O. The van der Waals surface area contributed by atoms with E-state index >= 15 is 0 Å². The quantitative estimate of drug-likeness (QED) is 0.782. The number of nitrogens with zero attached hydrogens (tertiary/aromatic N) is 2. The first kappa shape index (κ1) is 19.0. The Balaban J connectivity index is 2.37. The number of aromatic hydroxyl groups is 1. The molecule has 0 spiro atoms. The summed E-state index contributed by atoms with van der Waals surface area (Å²) in [5.41, 5.74) is 2.58. The number of rotatable bonds is 7. The van der Waals surface area contributed by atoms with Gasteiger partial charge in [0.25, 0.3) is 0 Å². The van der Waals surface area contributed by atoms with Crippen LogP contribution >= 0.6 is 0 Å². The molecular weight excluding hydrogens is 308 g/mol. The van der Waals surface area contributed by atoms with E-state index in [4.69, 9.17) is 0 Å². The molecule has 132 valence electrons. The Hall–Kier alpha value is -2.31. The molecule has 0 heterocycles. The van der Waals surface area contributed by atoms with Gasteiger partial charge in [-0.2, -0.15) is 5.26 Å². The van der Waals surface area contributed by atoms with Crippen molar-refractivity contribution >= 4 is 0 Å². The van der Waals surface area contributed by atoms with Crippen molar-refractivity contribution in [2.24, 2.45) is 0 Å². The third-order valence-corrected chi connectivity index (χ3v) is 4.74. The average molecular weight is 336 g/mol. The van der Waals surface area contributed by atoms with Gasteiger partial charge in [-0.15, -0.1) is 0 Å². The second-order valence-corrected chi connectivity index (χ2v) is 7.06. The predicted molar refractivity (Wildman–Crippen MR) is 103 cm³/mol. The van der Waals surface area contributed by atoms with Crippen LogP contribution in [0, 0.1) is 11.3 Å². The first-order valence-corrected chi connectivity index (χ1v) is 8.97. The van der Waals surface area contributed by atoms with Crippen LogP contribution in [0.25, 0.3) is 0 Å². The van der Waals surface area contributed by atoms with E-state index in [-0.39, 0.29) is 11.7 Å². The van der Waals surface area contributed by atoms with Gasteiger partial charge in [0.2, 0.25) is 0 Å². The summed E-state index contributed by atoms with van der Waals surface area (Å²) in [7, 11) is 0. The molecule has 2 aromatic rings. The van der Waals surface area contributed by atoms with Gasteiger partial charge >= 0.3 is 0 Å². The summed E-state index contributed by atoms with van der Waals surface area (Å²) in [5.74, 6) is 0.322. The van der Waals surface area contributed by atoms with Crippen molar-refractivity contribution in [2.75, 3.05) is 6.54 Å². The van der Waals surface area contributed by atoms with Crippen LogP contribution in [-0.2, 0) is 0 Å². The number of phenols is 1. The minimum Gasteiger partial charge on any atom is -0.508 e. The van der Waals surface area contributed by atoms with Crippen molar-refractivity contribution in [1.29, 1.82) is 5.26 Å². The van der Waals surface area contributed by atoms with E-state index in [1.165, 1.54) is 5.56 Å². The van der Waals surface area contributed by atoms with Crippen molar-refractivity contribution < 1.29 is 5.11 Å². The number of phenolic OH excluding ortho intramolecular Hbond substituents is 1. The molecule has 0 unspecified atom stereocenters. The summed E-state index contributed by atoms with van der Waals surface area (Å²) >= 11 is 0. The maximum absolute atomic E-state index is 10.4. The molecule has 0 bridgehead atoms. The monoisotopic (exact) mass is 336 g/mol. The van der Waals surface area contributed by atoms with E-state index in [1.54, 1.807) is 12.1 Å². The van der Waals surface area contributed by atoms with E-state index in [2.05, 4.69) is 50.8 Å². The zero-order valence-corrected chi connectivity index (χ0v) is 15.6. The van der Waals surface area contributed by atoms with Crippen LogP contribution in [0.5, 0.6) is 5.75 Å². The maximum Gasteiger partial charge on any atom is 0.119 e. The number of hydrogen-bond acceptors (Lipinski definition) is 3. The number of nitriles is 1. The average Bonchev–Trinajstić information content (AvgIpc) is 2.59. The molecule has 0 fully saturated rings. The van der Waals surface area contributed by atoms with Crippen molar-refractivity contribution in [1.82, 2.24) is 4.90 Å². The van der Waals surface area contributed by atoms with E-state index in [0.717, 1.165) is 18.5 Å². The van der Waals surface area contributed by atoms with Crippen LogP contribution < -0.4 is 0 Å². The van der Waals surface area contributed by atoms with Gasteiger partial charge in [0, 0.05) is 23.6 Å². The minimum absolute atomic E-state index is 0.0644. The summed E-state index contributed by atoms with van der Waals surface area (Å²) in [4.78, 5) is 2.46. The molecule has 0 aliphatic carbocycles. The highest BCUT2D eigenvalue weighted by Gasteiger charge is 2.21. The molecule has 25 heavy (non-hydrogen) atoms. The highest BCUT2D eigenvalue weighted by Crippen LogP contribution is 2.35. The Kier molecular flexibility index (Phi) is 6.61. The van der Waals surface area contributed by atoms with Crippen molar-refractivity contribution in [2.45, 2.75) is 52.1 Å². The van der Waals surface area contributed by atoms with Crippen LogP contribution in [0.15, 0.2) is 48.5 Å². The molecule has 0 aliphatic rings. The molecule has 2 rings (SSSR count). The first-order valence-electron chi connectivity index (χ1n) is 8.97. The Labute approximate surface area is 151 Å². The molecule has 1 N–H and O–H groups in total. The molecule has 0 aromatic heterocycles. The third-order valence-electron chi connectivity index (χ3n) is 4.74. The minimum atomic E-state index is 0.0644. The van der Waals surface area contributed by atoms with E-state index in [1.807, 2.05) is 24.3 Å². The standard InChI is InChI=1S/C22H28N2O/c1-16(2)24(17(3)4)13-12-20(19-8-6-5-7-9-19)21-14-18(15-23)10-11-22(21)25/h5-11,14,16-17,20,25H,12-13H2,1-4H3/t20-/m1/s1. The molecule has 0 radical (unpaired) electrons. The van der Waals surface area contributed by atoms with Crippen LogP contribution in [0.4, 0.5) is 0 Å². The first-order chi connectivity index (χ1) is 11.9. The molecule has 0 aliphatic heterocycles. The second kappa shape index (κ2) is 8.69. The Bertz CT molecular complexity index is 709. The summed E-state index contributed by atoms with van der Waals surface area (Å²) < 4.78 is 0. The lowest BCUT2D eigenvalue weighted by Crippen LogP contribution is -2.38. The fraction of sp³-hybridized carbons (Fsp3) is 0.409. The topological polar surface area (TPSA) is 47.3 Å². The molecule has 0 amide bonds. The van der Waals surface area contributed by atoms with E-state index in [9.17, 15) is 10.4 Å². The van der Waals surface area contributed by atoms with Gasteiger partial charge in [0.15, 0.2) is 0 Å². The summed E-state index contributed by atoms with van der Waals surface area (Å²) in [5, 5.41) is 19.7. The predicted octanol–water partition coefficient (Wildman–Crippen LogP) is 4.90. The van der Waals surface area contributed by atoms with E-state index in [0.29, 0.717) is 17.6 Å². The lowest BCUT2D eigenvalue weighted by Gasteiger charge is -2.32. The fourth-order valence-electron chi connectivity index (χ4n) is 3.48. The van der Waals surface area contributed by atoms with Gasteiger partial charge in [-0.3, -0.25) is 4.90 Å². The lowest BCUT2D eigenvalue weighted by atomic mass is 9.86. The second-order valence-electron chi connectivity index (χ2n) is 7.06. The van der Waals surface area contributed by atoms with Gasteiger partial charge in [0.1, 0.15) is 5.75 Å². The van der Waals surface area contributed by atoms with Crippen LogP contribution in [-0.4, -0.2) is 28.6 Å². The van der Waals surface area contributed by atoms with Crippen LogP contribution in [0.1, 0.15) is 56.7 Å². The van der Waals surface area contributed by atoms with Crippen LogP contribution in [0.3, 0.4) is 0 Å². The summed E-state index contributed by atoms with van der Waals surface area (Å²) in [6, 6.07) is 18.5. The molecule has 3 nitrogen and oxygen atoms in total. The largest absolute Gasteiger partial charge is 0.508 e. The molecule has 2 aromatic carbocycles. The van der Waals surface area contributed by atoms with Gasteiger partial charge in [0.05, 0.1) is 11.6 Å². The highest BCUT2D eigenvalue weighted by atomic mass is 16.3. The summed E-state index contributed by atoms with van der Waals surface area (Å²) in [6.45, 7) is 9.79. The zero-order chi connectivity index (χ0) is 18.4. The Morgan fingerprint density at radius 1 is 1.00 bits per heavy atom. The van der Waals surface area contributed by atoms with Gasteiger partial charge in [-0.1, -0.05) is 30.3 Å². The highest BCUT2D eigenvalue weighted by molar-refractivity contribution is 5.46. The van der Waals surface area contributed by atoms with Crippen LogP contribution in [0.2, 0.25) is 0 Å². The third kappa shape index (κ3) is 4.84. The molecule has 0 saturated heterocycles.